The van der Waals surface area contributed by atoms with Crippen molar-refractivity contribution in [3.05, 3.63) is 55.1 Å². The SMILES string of the molecule is CCC(=O)Nc1cncc(-c2ccc3[nH]nc(-c4cc5ccncc5[nH]4)c3n2)c1. The Labute approximate surface area is 165 Å². The molecule has 8 nitrogen and oxygen atoms in total. The lowest BCUT2D eigenvalue weighted by Crippen LogP contribution is -2.09. The number of nitrogens with zero attached hydrogens (tertiary/aromatic N) is 4. The zero-order valence-corrected chi connectivity index (χ0v) is 15.6. The fourth-order valence-corrected chi connectivity index (χ4v) is 3.25. The number of carbonyl (C=O) groups excluding carboxylic acids is 1. The summed E-state index contributed by atoms with van der Waals surface area (Å²) in [6, 6.07) is 9.69. The minimum Gasteiger partial charge on any atom is -0.352 e. The van der Waals surface area contributed by atoms with Gasteiger partial charge in [-0.25, -0.2) is 4.98 Å². The molecule has 0 aliphatic heterocycles. The number of hydrogen-bond donors (Lipinski definition) is 3. The van der Waals surface area contributed by atoms with Gasteiger partial charge in [0.25, 0.3) is 0 Å². The maximum atomic E-state index is 11.7. The molecule has 5 heterocycles. The summed E-state index contributed by atoms with van der Waals surface area (Å²) in [5, 5.41) is 11.4. The molecule has 0 saturated carbocycles. The van der Waals surface area contributed by atoms with Gasteiger partial charge in [-0.2, -0.15) is 5.10 Å². The zero-order valence-electron chi connectivity index (χ0n) is 15.6. The van der Waals surface area contributed by atoms with E-state index in [-0.39, 0.29) is 5.91 Å². The predicted octanol–water partition coefficient (Wildman–Crippen LogP) is 3.91. The Morgan fingerprint density at radius 1 is 1.07 bits per heavy atom. The largest absolute Gasteiger partial charge is 0.352 e. The van der Waals surface area contributed by atoms with Crippen LogP contribution in [-0.4, -0.2) is 36.0 Å². The molecule has 0 fully saturated rings. The third-order valence-electron chi connectivity index (χ3n) is 4.73. The molecule has 0 radical (unpaired) electrons. The van der Waals surface area contributed by atoms with Crippen LogP contribution in [0.1, 0.15) is 13.3 Å². The van der Waals surface area contributed by atoms with Crippen LogP contribution in [0.25, 0.3) is 44.6 Å². The molecule has 142 valence electrons. The molecule has 29 heavy (non-hydrogen) atoms. The van der Waals surface area contributed by atoms with Crippen LogP contribution in [0.15, 0.2) is 55.1 Å². The molecule has 0 unspecified atom stereocenters. The normalized spacial score (nSPS) is 11.2. The molecule has 0 aromatic carbocycles. The molecule has 8 heteroatoms. The summed E-state index contributed by atoms with van der Waals surface area (Å²) in [5.74, 6) is -0.0576. The molecule has 5 aromatic heterocycles. The molecular weight excluding hydrogens is 366 g/mol. The van der Waals surface area contributed by atoms with E-state index in [1.165, 1.54) is 0 Å². The van der Waals surface area contributed by atoms with Gasteiger partial charge in [0, 0.05) is 29.8 Å². The highest BCUT2D eigenvalue weighted by molar-refractivity contribution is 5.94. The van der Waals surface area contributed by atoms with Crippen LogP contribution >= 0.6 is 0 Å². The molecule has 5 aromatic rings. The molecular formula is C21H17N7O. The summed E-state index contributed by atoms with van der Waals surface area (Å²) in [5.41, 5.74) is 6.35. The first-order chi connectivity index (χ1) is 14.2. The number of pyridine rings is 3. The van der Waals surface area contributed by atoms with Crippen molar-refractivity contribution in [2.75, 3.05) is 5.32 Å². The highest BCUT2D eigenvalue weighted by Crippen LogP contribution is 2.29. The van der Waals surface area contributed by atoms with Crippen LogP contribution in [0.2, 0.25) is 0 Å². The van der Waals surface area contributed by atoms with Crippen molar-refractivity contribution in [3.63, 3.8) is 0 Å². The molecule has 5 rings (SSSR count). The van der Waals surface area contributed by atoms with E-state index in [9.17, 15) is 4.79 Å². The fourth-order valence-electron chi connectivity index (χ4n) is 3.25. The van der Waals surface area contributed by atoms with Crippen LogP contribution in [0.3, 0.4) is 0 Å². The third kappa shape index (κ3) is 3.10. The van der Waals surface area contributed by atoms with Gasteiger partial charge in [0.1, 0.15) is 11.2 Å². The van der Waals surface area contributed by atoms with E-state index in [1.807, 2.05) is 37.3 Å². The third-order valence-corrected chi connectivity index (χ3v) is 4.73. The first-order valence-electron chi connectivity index (χ1n) is 9.25. The lowest BCUT2D eigenvalue weighted by molar-refractivity contribution is -0.115. The summed E-state index contributed by atoms with van der Waals surface area (Å²) in [6.45, 7) is 1.81. The maximum Gasteiger partial charge on any atom is 0.224 e. The lowest BCUT2D eigenvalue weighted by atomic mass is 10.1. The minimum atomic E-state index is -0.0576. The van der Waals surface area contributed by atoms with Gasteiger partial charge < -0.3 is 10.3 Å². The van der Waals surface area contributed by atoms with E-state index >= 15 is 0 Å². The second kappa shape index (κ2) is 6.83. The number of nitrogens with one attached hydrogen (secondary N) is 3. The Balaban J connectivity index is 1.58. The summed E-state index contributed by atoms with van der Waals surface area (Å²) in [4.78, 5) is 28.2. The van der Waals surface area contributed by atoms with Crippen molar-refractivity contribution in [1.82, 2.24) is 30.1 Å². The molecule has 3 N–H and O–H groups in total. The van der Waals surface area contributed by atoms with Crippen LogP contribution in [0.5, 0.6) is 0 Å². The zero-order chi connectivity index (χ0) is 19.8. The van der Waals surface area contributed by atoms with Crippen LogP contribution < -0.4 is 5.32 Å². The van der Waals surface area contributed by atoms with Gasteiger partial charge in [-0.1, -0.05) is 6.92 Å². The van der Waals surface area contributed by atoms with Crippen LogP contribution in [0, 0.1) is 0 Å². The van der Waals surface area contributed by atoms with Gasteiger partial charge >= 0.3 is 0 Å². The molecule has 0 aliphatic rings. The predicted molar refractivity (Wildman–Crippen MR) is 111 cm³/mol. The Kier molecular flexibility index (Phi) is 4.02. The van der Waals surface area contributed by atoms with E-state index in [2.05, 4.69) is 30.5 Å². The Morgan fingerprint density at radius 2 is 2.00 bits per heavy atom. The van der Waals surface area contributed by atoms with E-state index in [4.69, 9.17) is 4.98 Å². The summed E-state index contributed by atoms with van der Waals surface area (Å²) >= 11 is 0. The average Bonchev–Trinajstić information content (AvgIpc) is 3.37. The maximum absolute atomic E-state index is 11.7. The second-order valence-corrected chi connectivity index (χ2v) is 6.67. The van der Waals surface area contributed by atoms with Gasteiger partial charge in [-0.3, -0.25) is 19.9 Å². The van der Waals surface area contributed by atoms with Gasteiger partial charge in [0.05, 0.1) is 40.5 Å². The quantitative estimate of drug-likeness (QED) is 0.435. The van der Waals surface area contributed by atoms with E-state index in [0.29, 0.717) is 12.1 Å². The second-order valence-electron chi connectivity index (χ2n) is 6.67. The number of fused-ring (bicyclic) bond motifs is 2. The first kappa shape index (κ1) is 17.1. The number of aromatic nitrogens is 6. The monoisotopic (exact) mass is 383 g/mol. The van der Waals surface area contributed by atoms with Gasteiger partial charge in [-0.15, -0.1) is 0 Å². The molecule has 0 aliphatic carbocycles. The highest BCUT2D eigenvalue weighted by Gasteiger charge is 2.14. The number of amides is 1. The molecule has 0 bridgehead atoms. The van der Waals surface area contributed by atoms with Crippen molar-refractivity contribution in [1.29, 1.82) is 0 Å². The number of aromatic amines is 2. The standard InChI is InChI=1S/C21H17N7O/c1-2-19(29)24-14-7-13(9-23-10-14)15-3-4-16-20(26-15)21(28-27-16)17-8-12-5-6-22-11-18(12)25-17/h3-11,25H,2H2,1H3,(H,24,29)(H,27,28). The lowest BCUT2D eigenvalue weighted by Gasteiger charge is -2.06. The molecule has 0 spiro atoms. The summed E-state index contributed by atoms with van der Waals surface area (Å²) < 4.78 is 0. The van der Waals surface area contributed by atoms with Crippen molar-refractivity contribution in [3.8, 4) is 22.6 Å². The summed E-state index contributed by atoms with van der Waals surface area (Å²) in [7, 11) is 0. The Bertz CT molecular complexity index is 1320. The fraction of sp³-hybridized carbons (Fsp3) is 0.0952. The van der Waals surface area contributed by atoms with Crippen molar-refractivity contribution in [2.24, 2.45) is 0 Å². The highest BCUT2D eigenvalue weighted by atomic mass is 16.1. The van der Waals surface area contributed by atoms with Gasteiger partial charge in [-0.05, 0) is 30.3 Å². The minimum absolute atomic E-state index is 0.0576. The number of carbonyl (C=O) groups is 1. The summed E-state index contributed by atoms with van der Waals surface area (Å²) in [6.07, 6.45) is 7.30. The molecule has 0 saturated heterocycles. The Morgan fingerprint density at radius 3 is 2.86 bits per heavy atom. The Hall–Kier alpha value is -4.07. The van der Waals surface area contributed by atoms with Crippen LogP contribution in [-0.2, 0) is 4.79 Å². The topological polar surface area (TPSA) is 112 Å². The molecule has 1 amide bonds. The van der Waals surface area contributed by atoms with Gasteiger partial charge in [0.2, 0.25) is 5.91 Å². The number of hydrogen-bond acceptors (Lipinski definition) is 5. The number of anilines is 1. The van der Waals surface area contributed by atoms with Crippen molar-refractivity contribution < 1.29 is 4.79 Å². The first-order valence-corrected chi connectivity index (χ1v) is 9.25. The van der Waals surface area contributed by atoms with Crippen LogP contribution in [0.4, 0.5) is 5.69 Å². The van der Waals surface area contributed by atoms with Gasteiger partial charge in [0.15, 0.2) is 0 Å². The average molecular weight is 383 g/mol. The van der Waals surface area contributed by atoms with E-state index < -0.39 is 0 Å². The number of H-pyrrole nitrogens is 2. The smallest absolute Gasteiger partial charge is 0.224 e. The van der Waals surface area contributed by atoms with E-state index in [0.717, 1.165) is 44.6 Å². The molecule has 0 atom stereocenters. The van der Waals surface area contributed by atoms with Crippen molar-refractivity contribution >= 4 is 33.5 Å². The van der Waals surface area contributed by atoms with E-state index in [1.54, 1.807) is 24.8 Å². The number of rotatable bonds is 4. The van der Waals surface area contributed by atoms with Crippen molar-refractivity contribution in [2.45, 2.75) is 13.3 Å².